The zero-order chi connectivity index (χ0) is 19.8. The van der Waals surface area contributed by atoms with E-state index in [0.717, 1.165) is 40.4 Å². The fraction of sp³-hybridized carbons (Fsp3) is 0.120. The Bertz CT molecular complexity index is 1190. The van der Waals surface area contributed by atoms with Gasteiger partial charge in [0.25, 0.3) is 0 Å². The summed E-state index contributed by atoms with van der Waals surface area (Å²) >= 11 is 0. The largest absolute Gasteiger partial charge is 0.453 e. The van der Waals surface area contributed by atoms with E-state index in [9.17, 15) is 0 Å². The van der Waals surface area contributed by atoms with Crippen LogP contribution >= 0.6 is 0 Å². The van der Waals surface area contributed by atoms with Gasteiger partial charge in [-0.15, -0.1) is 0 Å². The van der Waals surface area contributed by atoms with Gasteiger partial charge in [0.2, 0.25) is 0 Å². The summed E-state index contributed by atoms with van der Waals surface area (Å²) in [6.45, 7) is 2.22. The second-order valence-corrected chi connectivity index (χ2v) is 7.35. The maximum atomic E-state index is 9.00. The molecule has 3 aromatic rings. The number of hydrogen-bond acceptors (Lipinski definition) is 4. The summed E-state index contributed by atoms with van der Waals surface area (Å²) in [6.07, 6.45) is 6.95. The number of nitriles is 1. The molecule has 29 heavy (non-hydrogen) atoms. The molecule has 0 bridgehead atoms. The highest BCUT2D eigenvalue weighted by Crippen LogP contribution is 2.46. The molecular weight excluding hydrogens is 358 g/mol. The molecule has 0 saturated heterocycles. The summed E-state index contributed by atoms with van der Waals surface area (Å²) < 4.78 is 6.19. The molecule has 5 rings (SSSR count). The fourth-order valence-electron chi connectivity index (χ4n) is 3.86. The second-order valence-electron chi connectivity index (χ2n) is 7.35. The Hall–Kier alpha value is -3.84. The van der Waals surface area contributed by atoms with Crippen molar-refractivity contribution in [3.8, 4) is 22.9 Å². The summed E-state index contributed by atoms with van der Waals surface area (Å²) in [4.78, 5) is 6.51. The summed E-state index contributed by atoms with van der Waals surface area (Å²) in [6, 6.07) is 22.3. The number of aromatic nitrogens is 1. The first-order chi connectivity index (χ1) is 14.2. The summed E-state index contributed by atoms with van der Waals surface area (Å²) in [7, 11) is 0. The van der Waals surface area contributed by atoms with Crippen LogP contribution in [0.5, 0.6) is 5.75 Å². The third kappa shape index (κ3) is 3.07. The lowest BCUT2D eigenvalue weighted by atomic mass is 9.96. The van der Waals surface area contributed by atoms with Crippen LogP contribution in [0.25, 0.3) is 11.1 Å². The fourth-order valence-corrected chi connectivity index (χ4v) is 3.86. The monoisotopic (exact) mass is 377 g/mol. The number of hydrogen-bond donors (Lipinski definition) is 0. The van der Waals surface area contributed by atoms with Crippen LogP contribution in [0.2, 0.25) is 0 Å². The quantitative estimate of drug-likeness (QED) is 0.553. The van der Waals surface area contributed by atoms with Crippen LogP contribution in [0.4, 0.5) is 11.4 Å². The van der Waals surface area contributed by atoms with Crippen LogP contribution in [-0.2, 0) is 0 Å². The summed E-state index contributed by atoms with van der Waals surface area (Å²) in [5.41, 5.74) is 5.77. The number of ether oxygens (including phenoxy) is 1. The molecule has 1 aliphatic heterocycles. The van der Waals surface area contributed by atoms with Crippen LogP contribution in [-0.4, -0.2) is 4.98 Å². The first-order valence-corrected chi connectivity index (χ1v) is 9.68. The van der Waals surface area contributed by atoms with Gasteiger partial charge < -0.3 is 9.64 Å². The number of allylic oxidation sites excluding steroid dienone is 3. The third-order valence-electron chi connectivity index (χ3n) is 5.29. The Balaban J connectivity index is 1.63. The van der Waals surface area contributed by atoms with Crippen molar-refractivity contribution in [2.24, 2.45) is 5.92 Å². The van der Waals surface area contributed by atoms with Crippen molar-refractivity contribution >= 4 is 11.4 Å². The Morgan fingerprint density at radius 1 is 1.07 bits per heavy atom. The van der Waals surface area contributed by atoms with E-state index in [0.29, 0.717) is 11.6 Å². The molecule has 2 aliphatic rings. The van der Waals surface area contributed by atoms with Gasteiger partial charge in [-0.05, 0) is 60.4 Å². The van der Waals surface area contributed by atoms with Crippen LogP contribution < -0.4 is 9.64 Å². The number of nitrogens with zero attached hydrogens (tertiary/aromatic N) is 3. The van der Waals surface area contributed by atoms with Crippen molar-refractivity contribution in [2.75, 3.05) is 4.90 Å². The van der Waals surface area contributed by atoms with E-state index in [1.165, 1.54) is 5.70 Å². The van der Waals surface area contributed by atoms with Crippen molar-refractivity contribution < 1.29 is 4.74 Å². The van der Waals surface area contributed by atoms with Crippen LogP contribution in [0.1, 0.15) is 19.0 Å². The average Bonchev–Trinajstić information content (AvgIpc) is 2.77. The molecule has 0 spiro atoms. The molecule has 4 nitrogen and oxygen atoms in total. The number of pyridine rings is 1. The molecule has 0 N–H and O–H groups in total. The van der Waals surface area contributed by atoms with E-state index in [4.69, 9.17) is 10.00 Å². The van der Waals surface area contributed by atoms with Crippen molar-refractivity contribution in [3.05, 3.63) is 96.2 Å². The number of fused-ring (bicyclic) bond motifs is 1. The summed E-state index contributed by atoms with van der Waals surface area (Å²) in [5.74, 6) is 2.22. The van der Waals surface area contributed by atoms with Crippen LogP contribution in [0.15, 0.2) is 90.5 Å². The Kier molecular flexibility index (Phi) is 4.14. The first kappa shape index (κ1) is 17.3. The van der Waals surface area contributed by atoms with Gasteiger partial charge in [0, 0.05) is 17.4 Å². The molecule has 1 atom stereocenters. The van der Waals surface area contributed by atoms with Gasteiger partial charge >= 0.3 is 0 Å². The van der Waals surface area contributed by atoms with Gasteiger partial charge in [-0.3, -0.25) is 0 Å². The number of anilines is 2. The van der Waals surface area contributed by atoms with Gasteiger partial charge in [-0.2, -0.15) is 5.26 Å². The lowest BCUT2D eigenvalue weighted by Gasteiger charge is -2.37. The Morgan fingerprint density at radius 3 is 2.79 bits per heavy atom. The normalized spacial score (nSPS) is 17.2. The van der Waals surface area contributed by atoms with E-state index < -0.39 is 0 Å². The SMILES string of the molecule is CC1C=CC2=C(C1)N(c1cccc(-c3ccc(C#N)nc3)c1)c1ccccc1O2. The van der Waals surface area contributed by atoms with Crippen molar-refractivity contribution in [1.82, 2.24) is 4.98 Å². The predicted octanol–water partition coefficient (Wildman–Crippen LogP) is 5.96. The molecule has 2 aromatic carbocycles. The zero-order valence-electron chi connectivity index (χ0n) is 16.0. The van der Waals surface area contributed by atoms with E-state index in [1.54, 1.807) is 12.3 Å². The Labute approximate surface area is 170 Å². The van der Waals surface area contributed by atoms with Gasteiger partial charge in [0.15, 0.2) is 5.75 Å². The van der Waals surface area contributed by atoms with E-state index >= 15 is 0 Å². The van der Waals surface area contributed by atoms with Crippen LogP contribution in [0.3, 0.4) is 0 Å². The summed E-state index contributed by atoms with van der Waals surface area (Å²) in [5, 5.41) is 9.00. The van der Waals surface area contributed by atoms with Crippen molar-refractivity contribution in [3.63, 3.8) is 0 Å². The molecule has 2 heterocycles. The highest BCUT2D eigenvalue weighted by molar-refractivity contribution is 5.79. The molecule has 0 radical (unpaired) electrons. The molecule has 4 heteroatoms. The van der Waals surface area contributed by atoms with Gasteiger partial charge in [-0.25, -0.2) is 4.98 Å². The minimum atomic E-state index is 0.421. The molecule has 0 saturated carbocycles. The van der Waals surface area contributed by atoms with Gasteiger partial charge in [0.1, 0.15) is 17.5 Å². The number of benzene rings is 2. The van der Waals surface area contributed by atoms with Crippen molar-refractivity contribution in [2.45, 2.75) is 13.3 Å². The van der Waals surface area contributed by atoms with E-state index in [-0.39, 0.29) is 0 Å². The standard InChI is InChI=1S/C25H19N3O/c1-17-9-12-25-23(13-17)28(22-7-2-3-8-24(22)29-25)21-6-4-5-18(14-21)19-10-11-20(15-26)27-16-19/h2-12,14,16-17H,13H2,1H3. The highest BCUT2D eigenvalue weighted by atomic mass is 16.5. The first-order valence-electron chi connectivity index (χ1n) is 9.68. The van der Waals surface area contributed by atoms with Gasteiger partial charge in [-0.1, -0.05) is 37.3 Å². The number of rotatable bonds is 2. The molecule has 1 aliphatic carbocycles. The minimum absolute atomic E-state index is 0.421. The average molecular weight is 377 g/mol. The van der Waals surface area contributed by atoms with Crippen LogP contribution in [0, 0.1) is 17.2 Å². The molecule has 1 unspecified atom stereocenters. The Morgan fingerprint density at radius 2 is 1.97 bits per heavy atom. The lowest BCUT2D eigenvalue weighted by Crippen LogP contribution is -2.26. The molecule has 140 valence electrons. The molecule has 1 aromatic heterocycles. The van der Waals surface area contributed by atoms with E-state index in [2.05, 4.69) is 65.4 Å². The maximum Gasteiger partial charge on any atom is 0.151 e. The maximum absolute atomic E-state index is 9.00. The van der Waals surface area contributed by atoms with E-state index in [1.807, 2.05) is 24.3 Å². The zero-order valence-corrected chi connectivity index (χ0v) is 16.0. The molecule has 0 amide bonds. The third-order valence-corrected chi connectivity index (χ3v) is 5.29. The highest BCUT2D eigenvalue weighted by Gasteiger charge is 2.29. The second kappa shape index (κ2) is 6.96. The number of para-hydroxylation sites is 2. The lowest BCUT2D eigenvalue weighted by molar-refractivity contribution is 0.414. The smallest absolute Gasteiger partial charge is 0.151 e. The molecular formula is C25H19N3O. The predicted molar refractivity (Wildman–Crippen MR) is 114 cm³/mol. The molecule has 0 fully saturated rings. The topological polar surface area (TPSA) is 49.2 Å². The van der Waals surface area contributed by atoms with Crippen molar-refractivity contribution in [1.29, 1.82) is 5.26 Å². The van der Waals surface area contributed by atoms with Gasteiger partial charge in [0.05, 0.1) is 11.4 Å². The minimum Gasteiger partial charge on any atom is -0.453 e.